The van der Waals surface area contributed by atoms with Gasteiger partial charge in [0.1, 0.15) is 11.5 Å². The van der Waals surface area contributed by atoms with E-state index in [1.54, 1.807) is 29.2 Å². The van der Waals surface area contributed by atoms with Crippen molar-refractivity contribution < 1.29 is 14.3 Å². The summed E-state index contributed by atoms with van der Waals surface area (Å²) in [5.74, 6) is 1.11. The zero-order valence-electron chi connectivity index (χ0n) is 13.6. The molecule has 0 saturated carbocycles. The molecule has 0 aliphatic carbocycles. The van der Waals surface area contributed by atoms with E-state index in [1.165, 1.54) is 0 Å². The standard InChI is InChI=1S/C19H20N2O3/c1-2-21-13-14(12-18(21)22)19(23)20-15-8-10-17(11-9-15)24-16-6-4-3-5-7-16/h3-11,14H,2,12-13H2,1H3,(H,20,23). The quantitative estimate of drug-likeness (QED) is 0.918. The minimum atomic E-state index is -0.280. The molecule has 1 heterocycles. The number of benzene rings is 2. The predicted octanol–water partition coefficient (Wildman–Crippen LogP) is 3.29. The van der Waals surface area contributed by atoms with E-state index in [9.17, 15) is 9.59 Å². The maximum absolute atomic E-state index is 12.3. The van der Waals surface area contributed by atoms with Crippen molar-refractivity contribution in [3.63, 3.8) is 0 Å². The fourth-order valence-electron chi connectivity index (χ4n) is 2.73. The van der Waals surface area contributed by atoms with Gasteiger partial charge >= 0.3 is 0 Å². The monoisotopic (exact) mass is 324 g/mol. The Morgan fingerprint density at radius 2 is 1.79 bits per heavy atom. The predicted molar refractivity (Wildman–Crippen MR) is 91.9 cm³/mol. The summed E-state index contributed by atoms with van der Waals surface area (Å²) in [7, 11) is 0. The molecule has 24 heavy (non-hydrogen) atoms. The van der Waals surface area contributed by atoms with E-state index in [1.807, 2.05) is 37.3 Å². The lowest BCUT2D eigenvalue weighted by Crippen LogP contribution is -2.28. The normalized spacial score (nSPS) is 17.0. The highest BCUT2D eigenvalue weighted by Crippen LogP contribution is 2.24. The molecule has 0 aromatic heterocycles. The van der Waals surface area contributed by atoms with Gasteiger partial charge in [-0.05, 0) is 43.3 Å². The number of carbonyl (C=O) groups excluding carboxylic acids is 2. The SMILES string of the molecule is CCN1CC(C(=O)Nc2ccc(Oc3ccccc3)cc2)CC1=O. The molecular formula is C19H20N2O3. The smallest absolute Gasteiger partial charge is 0.229 e. The summed E-state index contributed by atoms with van der Waals surface area (Å²) in [5.41, 5.74) is 0.697. The van der Waals surface area contributed by atoms with Crippen molar-refractivity contribution in [1.82, 2.24) is 4.90 Å². The average Bonchev–Trinajstić information content (AvgIpc) is 2.99. The fourth-order valence-corrected chi connectivity index (χ4v) is 2.73. The van der Waals surface area contributed by atoms with Gasteiger partial charge in [-0.2, -0.15) is 0 Å². The van der Waals surface area contributed by atoms with Crippen LogP contribution in [0.25, 0.3) is 0 Å². The minimum Gasteiger partial charge on any atom is -0.457 e. The third kappa shape index (κ3) is 3.74. The summed E-state index contributed by atoms with van der Waals surface area (Å²) >= 11 is 0. The third-order valence-electron chi connectivity index (χ3n) is 4.07. The van der Waals surface area contributed by atoms with Gasteiger partial charge in [-0.3, -0.25) is 9.59 Å². The molecule has 1 saturated heterocycles. The maximum atomic E-state index is 12.3. The van der Waals surface area contributed by atoms with Crippen LogP contribution >= 0.6 is 0 Å². The van der Waals surface area contributed by atoms with Crippen LogP contribution in [0.3, 0.4) is 0 Å². The van der Waals surface area contributed by atoms with Crippen LogP contribution in [-0.2, 0) is 9.59 Å². The summed E-state index contributed by atoms with van der Waals surface area (Å²) in [6, 6.07) is 16.7. The van der Waals surface area contributed by atoms with Crippen molar-refractivity contribution in [2.24, 2.45) is 5.92 Å². The topological polar surface area (TPSA) is 58.6 Å². The molecule has 0 spiro atoms. The number of hydrogen-bond donors (Lipinski definition) is 1. The van der Waals surface area contributed by atoms with Crippen molar-refractivity contribution in [2.45, 2.75) is 13.3 Å². The Morgan fingerprint density at radius 1 is 1.12 bits per heavy atom. The van der Waals surface area contributed by atoms with Crippen LogP contribution in [0.4, 0.5) is 5.69 Å². The number of likely N-dealkylation sites (tertiary alicyclic amines) is 1. The molecule has 1 aliphatic rings. The molecule has 1 fully saturated rings. The number of rotatable bonds is 5. The number of carbonyl (C=O) groups is 2. The van der Waals surface area contributed by atoms with Gasteiger partial charge in [0.05, 0.1) is 5.92 Å². The highest BCUT2D eigenvalue weighted by molar-refractivity contribution is 5.97. The number of amides is 2. The van der Waals surface area contributed by atoms with E-state index in [4.69, 9.17) is 4.74 Å². The molecule has 1 atom stereocenters. The first-order chi connectivity index (χ1) is 11.7. The molecule has 1 N–H and O–H groups in total. The lowest BCUT2D eigenvalue weighted by Gasteiger charge is -2.14. The summed E-state index contributed by atoms with van der Waals surface area (Å²) in [6.07, 6.45) is 0.287. The van der Waals surface area contributed by atoms with Crippen molar-refractivity contribution in [3.05, 3.63) is 54.6 Å². The van der Waals surface area contributed by atoms with E-state index in [0.717, 1.165) is 5.75 Å². The van der Waals surface area contributed by atoms with E-state index < -0.39 is 0 Å². The second-order valence-corrected chi connectivity index (χ2v) is 5.76. The lowest BCUT2D eigenvalue weighted by atomic mass is 10.1. The van der Waals surface area contributed by atoms with Crippen LogP contribution in [0.15, 0.2) is 54.6 Å². The second-order valence-electron chi connectivity index (χ2n) is 5.76. The van der Waals surface area contributed by atoms with Gasteiger partial charge in [0.2, 0.25) is 11.8 Å². The Bertz CT molecular complexity index is 713. The number of para-hydroxylation sites is 1. The zero-order chi connectivity index (χ0) is 16.9. The van der Waals surface area contributed by atoms with Crippen LogP contribution in [0.1, 0.15) is 13.3 Å². The molecule has 2 aromatic carbocycles. The van der Waals surface area contributed by atoms with Crippen molar-refractivity contribution >= 4 is 17.5 Å². The van der Waals surface area contributed by atoms with Gasteiger partial charge in [-0.15, -0.1) is 0 Å². The van der Waals surface area contributed by atoms with Gasteiger partial charge in [-0.25, -0.2) is 0 Å². The number of ether oxygens (including phenoxy) is 1. The summed E-state index contributed by atoms with van der Waals surface area (Å²) in [4.78, 5) is 25.7. The highest BCUT2D eigenvalue weighted by Gasteiger charge is 2.33. The molecule has 5 heteroatoms. The number of anilines is 1. The Hall–Kier alpha value is -2.82. The Morgan fingerprint density at radius 3 is 2.42 bits per heavy atom. The molecule has 3 rings (SSSR count). The van der Waals surface area contributed by atoms with Gasteiger partial charge in [-0.1, -0.05) is 18.2 Å². The van der Waals surface area contributed by atoms with E-state index in [2.05, 4.69) is 5.32 Å². The van der Waals surface area contributed by atoms with Crippen LogP contribution in [-0.4, -0.2) is 29.8 Å². The number of hydrogen-bond acceptors (Lipinski definition) is 3. The Labute approximate surface area is 141 Å². The first-order valence-corrected chi connectivity index (χ1v) is 8.07. The maximum Gasteiger partial charge on any atom is 0.229 e. The Balaban J connectivity index is 1.58. The van der Waals surface area contributed by atoms with E-state index in [0.29, 0.717) is 24.5 Å². The number of nitrogens with one attached hydrogen (secondary N) is 1. The van der Waals surface area contributed by atoms with Crippen LogP contribution < -0.4 is 10.1 Å². The highest BCUT2D eigenvalue weighted by atomic mass is 16.5. The van der Waals surface area contributed by atoms with Gasteiger partial charge in [0.25, 0.3) is 0 Å². The summed E-state index contributed by atoms with van der Waals surface area (Å²) in [5, 5.41) is 2.87. The first-order valence-electron chi connectivity index (χ1n) is 8.07. The molecule has 124 valence electrons. The van der Waals surface area contributed by atoms with Gasteiger partial charge < -0.3 is 15.0 Å². The molecule has 1 aliphatic heterocycles. The van der Waals surface area contributed by atoms with Crippen LogP contribution in [0.2, 0.25) is 0 Å². The zero-order valence-corrected chi connectivity index (χ0v) is 13.6. The summed E-state index contributed by atoms with van der Waals surface area (Å²) in [6.45, 7) is 3.06. The summed E-state index contributed by atoms with van der Waals surface area (Å²) < 4.78 is 5.72. The molecule has 0 bridgehead atoms. The van der Waals surface area contributed by atoms with Crippen molar-refractivity contribution in [3.8, 4) is 11.5 Å². The van der Waals surface area contributed by atoms with E-state index >= 15 is 0 Å². The fraction of sp³-hybridized carbons (Fsp3) is 0.263. The van der Waals surface area contributed by atoms with Gasteiger partial charge in [0.15, 0.2) is 0 Å². The first kappa shape index (κ1) is 16.1. The molecule has 0 radical (unpaired) electrons. The molecule has 2 amide bonds. The van der Waals surface area contributed by atoms with Crippen molar-refractivity contribution in [1.29, 1.82) is 0 Å². The Kier molecular flexibility index (Phi) is 4.79. The second kappa shape index (κ2) is 7.17. The van der Waals surface area contributed by atoms with E-state index in [-0.39, 0.29) is 24.2 Å². The minimum absolute atomic E-state index is 0.0456. The van der Waals surface area contributed by atoms with Gasteiger partial charge in [0, 0.05) is 25.2 Å². The van der Waals surface area contributed by atoms with Crippen molar-refractivity contribution in [2.75, 3.05) is 18.4 Å². The lowest BCUT2D eigenvalue weighted by molar-refractivity contribution is -0.128. The molecule has 2 aromatic rings. The number of nitrogens with zero attached hydrogens (tertiary/aromatic N) is 1. The molecule has 5 nitrogen and oxygen atoms in total. The average molecular weight is 324 g/mol. The molecule has 1 unspecified atom stereocenters. The third-order valence-corrected chi connectivity index (χ3v) is 4.07. The van der Waals surface area contributed by atoms with Crippen LogP contribution in [0.5, 0.6) is 11.5 Å². The van der Waals surface area contributed by atoms with Crippen LogP contribution in [0, 0.1) is 5.92 Å². The molecular weight excluding hydrogens is 304 g/mol. The largest absolute Gasteiger partial charge is 0.457 e.